The molecule has 2 aromatic carbocycles. The Morgan fingerprint density at radius 3 is 2.67 bits per heavy atom. The van der Waals surface area contributed by atoms with E-state index in [2.05, 4.69) is 36.4 Å². The van der Waals surface area contributed by atoms with Crippen molar-refractivity contribution in [1.82, 2.24) is 0 Å². The highest BCUT2D eigenvalue weighted by Gasteiger charge is 2.13. The fourth-order valence-corrected chi connectivity index (χ4v) is 3.18. The molecule has 108 valence electrons. The average Bonchev–Trinajstić information content (AvgIpc) is 2.47. The average molecular weight is 278 g/mol. The lowest BCUT2D eigenvalue weighted by atomic mass is 9.93. The molecule has 0 saturated heterocycles. The molecule has 0 unspecified atom stereocenters. The summed E-state index contributed by atoms with van der Waals surface area (Å²) in [6.07, 6.45) is 9.71. The molecule has 2 aromatic rings. The monoisotopic (exact) mass is 278 g/mol. The summed E-state index contributed by atoms with van der Waals surface area (Å²) in [4.78, 5) is 12.6. The second-order valence-corrected chi connectivity index (χ2v) is 5.92. The molecule has 0 radical (unpaired) electrons. The van der Waals surface area contributed by atoms with Crippen LogP contribution >= 0.6 is 0 Å². The Kier molecular flexibility index (Phi) is 4.49. The summed E-state index contributed by atoms with van der Waals surface area (Å²) in [7, 11) is 0. The highest BCUT2D eigenvalue weighted by Crippen LogP contribution is 2.23. The molecule has 0 bridgehead atoms. The fraction of sp³-hybridized carbons (Fsp3) is 0.350. The molecule has 1 aliphatic rings. The third-order valence-corrected chi connectivity index (χ3v) is 4.38. The van der Waals surface area contributed by atoms with Crippen molar-refractivity contribution in [2.75, 3.05) is 0 Å². The minimum atomic E-state index is 0.313. The Morgan fingerprint density at radius 1 is 0.905 bits per heavy atom. The summed E-state index contributed by atoms with van der Waals surface area (Å²) >= 11 is 0. The molecule has 3 rings (SSSR count). The number of Topliss-reactive ketones (excluding diaryl/α,β-unsaturated/α-hetero) is 1. The van der Waals surface area contributed by atoms with Gasteiger partial charge in [0.15, 0.2) is 5.78 Å². The van der Waals surface area contributed by atoms with E-state index in [4.69, 9.17) is 0 Å². The van der Waals surface area contributed by atoms with Gasteiger partial charge < -0.3 is 0 Å². The molecule has 0 amide bonds. The predicted octanol–water partition coefficient (Wildman–Crippen LogP) is 5.23. The molecule has 0 N–H and O–H groups in total. The topological polar surface area (TPSA) is 17.1 Å². The van der Waals surface area contributed by atoms with E-state index in [0.717, 1.165) is 30.4 Å². The van der Waals surface area contributed by atoms with Crippen LogP contribution < -0.4 is 0 Å². The van der Waals surface area contributed by atoms with Crippen LogP contribution in [0.4, 0.5) is 0 Å². The van der Waals surface area contributed by atoms with Crippen LogP contribution in [-0.2, 0) is 11.2 Å². The summed E-state index contributed by atoms with van der Waals surface area (Å²) in [5.41, 5.74) is 2.21. The van der Waals surface area contributed by atoms with E-state index in [-0.39, 0.29) is 0 Å². The van der Waals surface area contributed by atoms with E-state index in [9.17, 15) is 4.79 Å². The molecule has 1 nitrogen and oxygen atoms in total. The van der Waals surface area contributed by atoms with Crippen LogP contribution in [0.25, 0.3) is 10.8 Å². The Morgan fingerprint density at radius 2 is 1.71 bits per heavy atom. The van der Waals surface area contributed by atoms with Gasteiger partial charge in [-0.2, -0.15) is 0 Å². The summed E-state index contributed by atoms with van der Waals surface area (Å²) in [5.74, 6) is 0.313. The van der Waals surface area contributed by atoms with Crippen LogP contribution in [0, 0.1) is 0 Å². The van der Waals surface area contributed by atoms with Gasteiger partial charge >= 0.3 is 0 Å². The highest BCUT2D eigenvalue weighted by atomic mass is 16.1. The molecule has 0 spiro atoms. The second-order valence-electron chi connectivity index (χ2n) is 5.92. The van der Waals surface area contributed by atoms with Gasteiger partial charge in [-0.15, -0.1) is 0 Å². The van der Waals surface area contributed by atoms with Gasteiger partial charge in [0.2, 0.25) is 0 Å². The Bertz CT molecular complexity index is 661. The molecule has 0 aromatic heterocycles. The van der Waals surface area contributed by atoms with Crippen molar-refractivity contribution in [2.45, 2.75) is 44.9 Å². The minimum Gasteiger partial charge on any atom is -0.294 e. The zero-order chi connectivity index (χ0) is 14.5. The van der Waals surface area contributed by atoms with E-state index in [1.54, 1.807) is 0 Å². The summed E-state index contributed by atoms with van der Waals surface area (Å²) in [6.45, 7) is 0. The van der Waals surface area contributed by atoms with Gasteiger partial charge in [-0.05, 0) is 47.6 Å². The van der Waals surface area contributed by atoms with Crippen LogP contribution in [0.3, 0.4) is 0 Å². The summed E-state index contributed by atoms with van der Waals surface area (Å²) < 4.78 is 0. The quantitative estimate of drug-likeness (QED) is 0.751. The lowest BCUT2D eigenvalue weighted by Gasteiger charge is -2.11. The number of hydrogen-bond donors (Lipinski definition) is 0. The maximum atomic E-state index is 12.6. The Hall–Kier alpha value is -1.89. The summed E-state index contributed by atoms with van der Waals surface area (Å²) in [5, 5.41) is 2.43. The first kappa shape index (κ1) is 14.1. The largest absolute Gasteiger partial charge is 0.294 e. The third kappa shape index (κ3) is 3.41. The van der Waals surface area contributed by atoms with Gasteiger partial charge in [-0.25, -0.2) is 0 Å². The maximum Gasteiger partial charge on any atom is 0.162 e. The van der Waals surface area contributed by atoms with Gasteiger partial charge in [0.25, 0.3) is 0 Å². The Balaban J connectivity index is 1.82. The van der Waals surface area contributed by atoms with Crippen molar-refractivity contribution < 1.29 is 4.79 Å². The molecular weight excluding hydrogens is 256 g/mol. The number of benzene rings is 2. The SMILES string of the molecule is O=C(Cc1cccc2ccccc12)/C1=C/CCCCCC1. The van der Waals surface area contributed by atoms with Crippen molar-refractivity contribution in [3.63, 3.8) is 0 Å². The van der Waals surface area contributed by atoms with E-state index >= 15 is 0 Å². The molecule has 0 fully saturated rings. The molecule has 0 atom stereocenters. The zero-order valence-electron chi connectivity index (χ0n) is 12.5. The first-order valence-corrected chi connectivity index (χ1v) is 8.03. The van der Waals surface area contributed by atoms with Gasteiger partial charge in [0.1, 0.15) is 0 Å². The fourth-order valence-electron chi connectivity index (χ4n) is 3.18. The van der Waals surface area contributed by atoms with Crippen LogP contribution in [0.1, 0.15) is 44.1 Å². The molecule has 0 heterocycles. The number of fused-ring (bicyclic) bond motifs is 1. The highest BCUT2D eigenvalue weighted by molar-refractivity contribution is 5.99. The number of hydrogen-bond acceptors (Lipinski definition) is 1. The number of carbonyl (C=O) groups excluding carboxylic acids is 1. The Labute approximate surface area is 126 Å². The number of allylic oxidation sites excluding steroid dienone is 2. The van der Waals surface area contributed by atoms with E-state index in [1.807, 2.05) is 12.1 Å². The molecule has 0 saturated carbocycles. The van der Waals surface area contributed by atoms with Gasteiger partial charge in [0.05, 0.1) is 0 Å². The predicted molar refractivity (Wildman–Crippen MR) is 88.4 cm³/mol. The van der Waals surface area contributed by atoms with Gasteiger partial charge in [-0.1, -0.05) is 61.4 Å². The maximum absolute atomic E-state index is 12.6. The first-order chi connectivity index (χ1) is 10.3. The molecule has 1 heteroatoms. The first-order valence-electron chi connectivity index (χ1n) is 8.03. The lowest BCUT2D eigenvalue weighted by molar-refractivity contribution is -0.115. The van der Waals surface area contributed by atoms with Gasteiger partial charge in [0, 0.05) is 6.42 Å². The van der Waals surface area contributed by atoms with Crippen LogP contribution in [0.2, 0.25) is 0 Å². The van der Waals surface area contributed by atoms with E-state index in [0.29, 0.717) is 12.2 Å². The lowest BCUT2D eigenvalue weighted by Crippen LogP contribution is -2.08. The minimum absolute atomic E-state index is 0.313. The summed E-state index contributed by atoms with van der Waals surface area (Å²) in [6, 6.07) is 14.6. The van der Waals surface area contributed by atoms with Crippen LogP contribution in [0.15, 0.2) is 54.1 Å². The van der Waals surface area contributed by atoms with Crippen molar-refractivity contribution >= 4 is 16.6 Å². The van der Waals surface area contributed by atoms with Crippen LogP contribution in [-0.4, -0.2) is 5.78 Å². The third-order valence-electron chi connectivity index (χ3n) is 4.38. The van der Waals surface area contributed by atoms with Gasteiger partial charge in [-0.3, -0.25) is 4.79 Å². The van der Waals surface area contributed by atoms with Crippen molar-refractivity contribution in [2.24, 2.45) is 0 Å². The van der Waals surface area contributed by atoms with Crippen molar-refractivity contribution in [3.8, 4) is 0 Å². The number of carbonyl (C=O) groups is 1. The smallest absolute Gasteiger partial charge is 0.162 e. The standard InChI is InChI=1S/C20H22O/c21-20(17-10-4-2-1-3-5-11-17)15-18-13-8-12-16-9-6-7-14-19(16)18/h6-10,12-14H,1-5,11,15H2/b17-10+. The molecule has 1 aliphatic carbocycles. The van der Waals surface area contributed by atoms with Crippen molar-refractivity contribution in [1.29, 1.82) is 0 Å². The molecule has 21 heavy (non-hydrogen) atoms. The number of rotatable bonds is 3. The second kappa shape index (κ2) is 6.71. The normalized spacial score (nSPS) is 18.6. The van der Waals surface area contributed by atoms with E-state index < -0.39 is 0 Å². The van der Waals surface area contributed by atoms with Crippen LogP contribution in [0.5, 0.6) is 0 Å². The molecule has 0 aliphatic heterocycles. The van der Waals surface area contributed by atoms with Crippen molar-refractivity contribution in [3.05, 3.63) is 59.7 Å². The zero-order valence-corrected chi connectivity index (χ0v) is 12.5. The molecular formula is C20H22O. The van der Waals surface area contributed by atoms with E-state index in [1.165, 1.54) is 30.0 Å². The number of ketones is 1.